The van der Waals surface area contributed by atoms with Crippen LogP contribution in [0.4, 0.5) is 0 Å². The van der Waals surface area contributed by atoms with Gasteiger partial charge in [0.1, 0.15) is 11.4 Å². The first-order valence-corrected chi connectivity index (χ1v) is 7.32. The van der Waals surface area contributed by atoms with Gasteiger partial charge in [-0.25, -0.2) is 0 Å². The van der Waals surface area contributed by atoms with Crippen LogP contribution in [0.15, 0.2) is 35.1 Å². The highest BCUT2D eigenvalue weighted by Crippen LogP contribution is 2.25. The molecule has 0 unspecified atom stereocenters. The van der Waals surface area contributed by atoms with Crippen molar-refractivity contribution < 1.29 is 4.74 Å². The maximum atomic E-state index is 11.9. The molecule has 0 radical (unpaired) electrons. The molecular weight excluding hydrogens is 262 g/mol. The molecule has 1 N–H and O–H groups in total. The lowest BCUT2D eigenvalue weighted by molar-refractivity contribution is 0.131. The number of hydrogen-bond donors (Lipinski definition) is 1. The van der Waals surface area contributed by atoms with Crippen LogP contribution in [0.5, 0.6) is 5.75 Å². The molecule has 0 spiro atoms. The minimum absolute atomic E-state index is 0.0304. The number of hydrogen-bond acceptors (Lipinski definition) is 2. The Kier molecular flexibility index (Phi) is 4.21. The highest BCUT2D eigenvalue weighted by atomic mass is 16.5. The monoisotopic (exact) mass is 285 g/mol. The summed E-state index contributed by atoms with van der Waals surface area (Å²) < 4.78 is 5.82. The van der Waals surface area contributed by atoms with Crippen LogP contribution in [-0.4, -0.2) is 10.6 Å². The van der Waals surface area contributed by atoms with Crippen LogP contribution < -0.4 is 10.3 Å². The Labute approximate surface area is 126 Å². The number of benzene rings is 1. The summed E-state index contributed by atoms with van der Waals surface area (Å²) in [6.45, 7) is 9.99. The molecule has 1 aromatic heterocycles. The molecule has 112 valence electrons. The number of pyridine rings is 1. The van der Waals surface area contributed by atoms with Gasteiger partial charge in [0.25, 0.3) is 5.56 Å². The Morgan fingerprint density at radius 1 is 1.14 bits per heavy atom. The Morgan fingerprint density at radius 2 is 1.76 bits per heavy atom. The van der Waals surface area contributed by atoms with Crippen LogP contribution >= 0.6 is 0 Å². The molecule has 0 amide bonds. The van der Waals surface area contributed by atoms with Crippen LogP contribution in [0.1, 0.15) is 38.8 Å². The van der Waals surface area contributed by atoms with Gasteiger partial charge >= 0.3 is 0 Å². The van der Waals surface area contributed by atoms with E-state index in [0.29, 0.717) is 0 Å². The summed E-state index contributed by atoms with van der Waals surface area (Å²) in [4.78, 5) is 14.8. The van der Waals surface area contributed by atoms with Crippen molar-refractivity contribution in [3.05, 3.63) is 51.8 Å². The predicted molar refractivity (Wildman–Crippen MR) is 87.0 cm³/mol. The van der Waals surface area contributed by atoms with E-state index in [1.165, 1.54) is 0 Å². The molecule has 21 heavy (non-hydrogen) atoms. The predicted octanol–water partition coefficient (Wildman–Crippen LogP) is 4.09. The fraction of sp³-hybridized carbons (Fsp3) is 0.389. The third-order valence-corrected chi connectivity index (χ3v) is 3.26. The molecule has 0 fully saturated rings. The zero-order valence-corrected chi connectivity index (χ0v) is 13.4. The summed E-state index contributed by atoms with van der Waals surface area (Å²) in [6, 6.07) is 9.83. The average Bonchev–Trinajstić information content (AvgIpc) is 2.40. The van der Waals surface area contributed by atoms with Crippen LogP contribution in [-0.2, 0) is 6.42 Å². The normalized spacial score (nSPS) is 11.5. The molecule has 3 heteroatoms. The minimum atomic E-state index is -0.214. The van der Waals surface area contributed by atoms with E-state index in [9.17, 15) is 4.79 Å². The van der Waals surface area contributed by atoms with Gasteiger partial charge in [-0.1, -0.05) is 6.92 Å². The van der Waals surface area contributed by atoms with Gasteiger partial charge < -0.3 is 9.72 Å². The van der Waals surface area contributed by atoms with Gasteiger partial charge in [-0.05, 0) is 75.6 Å². The molecule has 0 aliphatic carbocycles. The second-order valence-corrected chi connectivity index (χ2v) is 6.27. The number of aromatic nitrogens is 1. The zero-order chi connectivity index (χ0) is 15.6. The van der Waals surface area contributed by atoms with E-state index in [2.05, 4.69) is 11.9 Å². The largest absolute Gasteiger partial charge is 0.488 e. The molecule has 3 nitrogen and oxygen atoms in total. The van der Waals surface area contributed by atoms with Crippen LogP contribution in [0.3, 0.4) is 0 Å². The summed E-state index contributed by atoms with van der Waals surface area (Å²) in [7, 11) is 0. The lowest BCUT2D eigenvalue weighted by Crippen LogP contribution is -2.22. The first-order valence-electron chi connectivity index (χ1n) is 7.32. The molecule has 0 atom stereocenters. The first kappa shape index (κ1) is 15.4. The molecule has 0 bridgehead atoms. The van der Waals surface area contributed by atoms with Gasteiger partial charge in [0.15, 0.2) is 0 Å². The molecule has 2 rings (SSSR count). The molecule has 0 aliphatic heterocycles. The first-order chi connectivity index (χ1) is 9.80. The number of nitrogens with one attached hydrogen (secondary N) is 1. The van der Waals surface area contributed by atoms with Gasteiger partial charge in [0, 0.05) is 5.56 Å². The molecule has 0 aliphatic rings. The quantitative estimate of drug-likeness (QED) is 0.923. The van der Waals surface area contributed by atoms with E-state index in [0.717, 1.165) is 34.6 Å². The third kappa shape index (κ3) is 3.75. The second kappa shape index (κ2) is 5.76. The van der Waals surface area contributed by atoms with Crippen molar-refractivity contribution in [1.29, 1.82) is 0 Å². The zero-order valence-electron chi connectivity index (χ0n) is 13.4. The highest BCUT2D eigenvalue weighted by Gasteiger charge is 2.12. The summed E-state index contributed by atoms with van der Waals surface area (Å²) in [5.74, 6) is 0.832. The van der Waals surface area contributed by atoms with Crippen molar-refractivity contribution in [2.75, 3.05) is 0 Å². The van der Waals surface area contributed by atoms with E-state index in [-0.39, 0.29) is 11.2 Å². The molecule has 1 heterocycles. The van der Waals surface area contributed by atoms with Crippen molar-refractivity contribution in [3.63, 3.8) is 0 Å². The van der Waals surface area contributed by atoms with Crippen molar-refractivity contribution in [2.45, 2.75) is 46.6 Å². The molecule has 0 saturated carbocycles. The standard InChI is InChI=1S/C18H23NO2/c1-6-13-11-12(2)17(20)19-16(13)14-7-9-15(10-8-14)21-18(3,4)5/h7-11H,6H2,1-5H3,(H,19,20). The Bertz CT molecular complexity index is 676. The third-order valence-electron chi connectivity index (χ3n) is 3.26. The van der Waals surface area contributed by atoms with E-state index >= 15 is 0 Å². The smallest absolute Gasteiger partial charge is 0.251 e. The molecule has 0 saturated heterocycles. The number of ether oxygens (including phenoxy) is 1. The summed E-state index contributed by atoms with van der Waals surface area (Å²) in [6.07, 6.45) is 0.882. The van der Waals surface area contributed by atoms with Gasteiger partial charge in [0.2, 0.25) is 0 Å². The Hall–Kier alpha value is -2.03. The van der Waals surface area contributed by atoms with Crippen LogP contribution in [0.25, 0.3) is 11.3 Å². The summed E-state index contributed by atoms with van der Waals surface area (Å²) in [5.41, 5.74) is 3.56. The van der Waals surface area contributed by atoms with Crippen molar-refractivity contribution in [2.24, 2.45) is 0 Å². The maximum Gasteiger partial charge on any atom is 0.251 e. The van der Waals surface area contributed by atoms with Crippen molar-refractivity contribution in [3.8, 4) is 17.0 Å². The second-order valence-electron chi connectivity index (χ2n) is 6.27. The number of rotatable bonds is 3. The fourth-order valence-electron chi connectivity index (χ4n) is 2.27. The fourth-order valence-corrected chi connectivity index (χ4v) is 2.27. The van der Waals surface area contributed by atoms with Crippen molar-refractivity contribution in [1.82, 2.24) is 4.98 Å². The average molecular weight is 285 g/mol. The number of H-pyrrole nitrogens is 1. The van der Waals surface area contributed by atoms with Gasteiger partial charge in [0.05, 0.1) is 5.69 Å². The Morgan fingerprint density at radius 3 is 2.29 bits per heavy atom. The number of aromatic amines is 1. The van der Waals surface area contributed by atoms with Gasteiger partial charge in [-0.2, -0.15) is 0 Å². The highest BCUT2D eigenvalue weighted by molar-refractivity contribution is 5.64. The Balaban J connectivity index is 2.39. The lowest BCUT2D eigenvalue weighted by Gasteiger charge is -2.21. The summed E-state index contributed by atoms with van der Waals surface area (Å²) >= 11 is 0. The maximum absolute atomic E-state index is 11.9. The SMILES string of the molecule is CCc1cc(C)c(=O)[nH]c1-c1ccc(OC(C)(C)C)cc1. The van der Waals surface area contributed by atoms with Crippen molar-refractivity contribution >= 4 is 0 Å². The summed E-state index contributed by atoms with van der Waals surface area (Å²) in [5, 5.41) is 0. The van der Waals surface area contributed by atoms with Crippen LogP contribution in [0.2, 0.25) is 0 Å². The number of aryl methyl sites for hydroxylation is 2. The van der Waals surface area contributed by atoms with E-state index in [4.69, 9.17) is 4.74 Å². The van der Waals surface area contributed by atoms with E-state index < -0.39 is 0 Å². The van der Waals surface area contributed by atoms with E-state index in [1.807, 2.05) is 58.0 Å². The van der Waals surface area contributed by atoms with E-state index in [1.54, 1.807) is 0 Å². The van der Waals surface area contributed by atoms with Crippen LogP contribution in [0, 0.1) is 6.92 Å². The topological polar surface area (TPSA) is 42.1 Å². The molecule has 2 aromatic rings. The lowest BCUT2D eigenvalue weighted by atomic mass is 10.0. The molecule has 1 aromatic carbocycles. The van der Waals surface area contributed by atoms with Gasteiger partial charge in [-0.15, -0.1) is 0 Å². The molecular formula is C18H23NO2. The van der Waals surface area contributed by atoms with Gasteiger partial charge in [-0.3, -0.25) is 4.79 Å². The minimum Gasteiger partial charge on any atom is -0.488 e.